The first-order chi connectivity index (χ1) is 14.9. The van der Waals surface area contributed by atoms with Crippen LogP contribution < -0.4 is 5.32 Å². The van der Waals surface area contributed by atoms with Crippen LogP contribution in [0.3, 0.4) is 0 Å². The van der Waals surface area contributed by atoms with Gasteiger partial charge in [-0.2, -0.15) is 5.10 Å². The van der Waals surface area contributed by atoms with Crippen LogP contribution in [0.15, 0.2) is 48.5 Å². The van der Waals surface area contributed by atoms with Crippen LogP contribution in [0, 0.1) is 6.92 Å². The zero-order chi connectivity index (χ0) is 22.4. The third kappa shape index (κ3) is 5.67. The number of rotatable bonds is 9. The van der Waals surface area contributed by atoms with E-state index in [0.717, 1.165) is 30.8 Å². The molecule has 1 aromatic heterocycles. The molecule has 3 aromatic rings. The van der Waals surface area contributed by atoms with Crippen LogP contribution in [-0.2, 0) is 19.6 Å². The van der Waals surface area contributed by atoms with Gasteiger partial charge in [0.1, 0.15) is 5.15 Å². The number of carbonyl (C=O) groups excluding carboxylic acids is 1. The molecule has 0 saturated heterocycles. The molecule has 0 spiro atoms. The molecule has 0 bridgehead atoms. The van der Waals surface area contributed by atoms with Crippen molar-refractivity contribution in [3.63, 3.8) is 0 Å². The van der Waals surface area contributed by atoms with Gasteiger partial charge < -0.3 is 5.32 Å². The fourth-order valence-electron chi connectivity index (χ4n) is 3.54. The first kappa shape index (κ1) is 23.3. The van der Waals surface area contributed by atoms with E-state index in [4.69, 9.17) is 23.2 Å². The first-order valence-corrected chi connectivity index (χ1v) is 11.2. The Hall–Kier alpha value is -2.34. The summed E-state index contributed by atoms with van der Waals surface area (Å²) < 4.78 is 1.61. The van der Waals surface area contributed by atoms with Crippen molar-refractivity contribution in [3.05, 3.63) is 86.7 Å². The highest BCUT2D eigenvalue weighted by Crippen LogP contribution is 2.23. The van der Waals surface area contributed by atoms with E-state index in [9.17, 15) is 4.79 Å². The van der Waals surface area contributed by atoms with Crippen LogP contribution in [0.4, 0.5) is 0 Å². The van der Waals surface area contributed by atoms with E-state index in [1.165, 1.54) is 5.56 Å². The molecule has 1 N–H and O–H groups in total. The molecule has 1 heterocycles. The van der Waals surface area contributed by atoms with E-state index in [2.05, 4.69) is 41.3 Å². The quantitative estimate of drug-likeness (QED) is 0.471. The Kier molecular flexibility index (Phi) is 8.13. The van der Waals surface area contributed by atoms with E-state index in [1.807, 2.05) is 36.4 Å². The smallest absolute Gasteiger partial charge is 0.256 e. The van der Waals surface area contributed by atoms with E-state index in [1.54, 1.807) is 11.6 Å². The summed E-state index contributed by atoms with van der Waals surface area (Å²) in [5.74, 6) is -0.231. The number of benzene rings is 2. The third-order valence-electron chi connectivity index (χ3n) is 5.42. The van der Waals surface area contributed by atoms with Crippen LogP contribution in [0.1, 0.15) is 46.6 Å². The monoisotopic (exact) mass is 458 g/mol. The lowest BCUT2D eigenvalue weighted by Gasteiger charge is -2.20. The second-order valence-electron chi connectivity index (χ2n) is 7.41. The number of amides is 1. The molecule has 0 aliphatic carbocycles. The van der Waals surface area contributed by atoms with E-state index >= 15 is 0 Å². The molecule has 1 amide bonds. The van der Waals surface area contributed by atoms with Gasteiger partial charge in [0.25, 0.3) is 5.91 Å². The maximum Gasteiger partial charge on any atom is 0.256 e. The van der Waals surface area contributed by atoms with Crippen LogP contribution in [0.2, 0.25) is 10.2 Å². The molecule has 31 heavy (non-hydrogen) atoms. The minimum atomic E-state index is -0.231. The lowest BCUT2D eigenvalue weighted by atomic mass is 10.1. The van der Waals surface area contributed by atoms with Gasteiger partial charge in [-0.25, -0.2) is 4.68 Å². The zero-order valence-corrected chi connectivity index (χ0v) is 19.7. The van der Waals surface area contributed by atoms with Crippen molar-refractivity contribution in [2.24, 2.45) is 0 Å². The molecule has 7 heteroatoms. The van der Waals surface area contributed by atoms with E-state index < -0.39 is 0 Å². The maximum atomic E-state index is 13.0. The predicted octanol–water partition coefficient (Wildman–Crippen LogP) is 5.32. The fourth-order valence-corrected chi connectivity index (χ4v) is 4.06. The summed E-state index contributed by atoms with van der Waals surface area (Å²) in [6.07, 6.45) is 0. The summed E-state index contributed by atoms with van der Waals surface area (Å²) in [5.41, 5.74) is 4.19. The van der Waals surface area contributed by atoms with Gasteiger partial charge in [0, 0.05) is 18.1 Å². The van der Waals surface area contributed by atoms with Crippen molar-refractivity contribution >= 4 is 29.1 Å². The molecule has 3 rings (SSSR count). The highest BCUT2D eigenvalue weighted by molar-refractivity contribution is 6.33. The van der Waals surface area contributed by atoms with Crippen molar-refractivity contribution in [2.75, 3.05) is 13.1 Å². The fraction of sp³-hybridized carbons (Fsp3) is 0.333. The SMILES string of the molecule is CCN(CC)Cc1ccccc1CNC(=O)c1c(C)nn(Cc2ccccc2Cl)c1Cl. The molecule has 0 aliphatic rings. The molecule has 0 unspecified atom stereocenters. The Bertz CT molecular complexity index is 1040. The Morgan fingerprint density at radius 2 is 1.61 bits per heavy atom. The number of hydrogen-bond donors (Lipinski definition) is 1. The summed E-state index contributed by atoms with van der Waals surface area (Å²) in [6.45, 7) is 9.75. The summed E-state index contributed by atoms with van der Waals surface area (Å²) in [5, 5.41) is 8.43. The highest BCUT2D eigenvalue weighted by atomic mass is 35.5. The predicted molar refractivity (Wildman–Crippen MR) is 127 cm³/mol. The molecule has 0 saturated carbocycles. The van der Waals surface area contributed by atoms with E-state index in [-0.39, 0.29) is 5.91 Å². The Morgan fingerprint density at radius 3 is 2.26 bits per heavy atom. The van der Waals surface area contributed by atoms with Gasteiger partial charge in [0.15, 0.2) is 0 Å². The van der Waals surface area contributed by atoms with Crippen LogP contribution in [0.25, 0.3) is 0 Å². The molecular formula is C24H28Cl2N4O. The third-order valence-corrected chi connectivity index (χ3v) is 6.17. The van der Waals surface area contributed by atoms with Gasteiger partial charge >= 0.3 is 0 Å². The Labute approximate surface area is 194 Å². The Morgan fingerprint density at radius 1 is 1.00 bits per heavy atom. The second-order valence-corrected chi connectivity index (χ2v) is 8.18. The number of aryl methyl sites for hydroxylation is 1. The molecule has 2 aromatic carbocycles. The number of nitrogens with zero attached hydrogens (tertiary/aromatic N) is 3. The molecule has 0 fully saturated rings. The van der Waals surface area contributed by atoms with Gasteiger partial charge in [-0.15, -0.1) is 0 Å². The average molecular weight is 459 g/mol. The van der Waals surface area contributed by atoms with Gasteiger partial charge in [-0.1, -0.05) is 79.5 Å². The van der Waals surface area contributed by atoms with Gasteiger partial charge in [0.05, 0.1) is 17.8 Å². The lowest BCUT2D eigenvalue weighted by Crippen LogP contribution is -2.26. The van der Waals surface area contributed by atoms with Crippen molar-refractivity contribution < 1.29 is 4.79 Å². The van der Waals surface area contributed by atoms with Crippen LogP contribution in [0.5, 0.6) is 0 Å². The minimum Gasteiger partial charge on any atom is -0.348 e. The number of aromatic nitrogens is 2. The highest BCUT2D eigenvalue weighted by Gasteiger charge is 2.21. The summed E-state index contributed by atoms with van der Waals surface area (Å²) in [7, 11) is 0. The molecule has 164 valence electrons. The number of halogens is 2. The minimum absolute atomic E-state index is 0.231. The molecule has 0 aliphatic heterocycles. The Balaban J connectivity index is 1.74. The van der Waals surface area contributed by atoms with Crippen molar-refractivity contribution in [1.82, 2.24) is 20.0 Å². The molecule has 5 nitrogen and oxygen atoms in total. The lowest BCUT2D eigenvalue weighted by molar-refractivity contribution is 0.0950. The van der Waals surface area contributed by atoms with Crippen LogP contribution >= 0.6 is 23.2 Å². The van der Waals surface area contributed by atoms with Gasteiger partial charge in [-0.05, 0) is 42.8 Å². The zero-order valence-electron chi connectivity index (χ0n) is 18.2. The van der Waals surface area contributed by atoms with E-state index in [0.29, 0.717) is 34.5 Å². The summed E-state index contributed by atoms with van der Waals surface area (Å²) in [4.78, 5) is 15.3. The normalized spacial score (nSPS) is 11.2. The van der Waals surface area contributed by atoms with Crippen molar-refractivity contribution in [2.45, 2.75) is 40.4 Å². The van der Waals surface area contributed by atoms with Crippen LogP contribution in [-0.4, -0.2) is 33.7 Å². The first-order valence-electron chi connectivity index (χ1n) is 10.5. The topological polar surface area (TPSA) is 50.2 Å². The molecule has 0 radical (unpaired) electrons. The summed E-state index contributed by atoms with van der Waals surface area (Å²) in [6, 6.07) is 15.7. The maximum absolute atomic E-state index is 13.0. The van der Waals surface area contributed by atoms with Gasteiger partial charge in [-0.3, -0.25) is 9.69 Å². The largest absolute Gasteiger partial charge is 0.348 e. The van der Waals surface area contributed by atoms with Crippen molar-refractivity contribution in [1.29, 1.82) is 0 Å². The molecule has 0 atom stereocenters. The molecular weight excluding hydrogens is 431 g/mol. The average Bonchev–Trinajstić information content (AvgIpc) is 3.05. The summed E-state index contributed by atoms with van der Waals surface area (Å²) >= 11 is 12.8. The number of hydrogen-bond acceptors (Lipinski definition) is 3. The number of carbonyl (C=O) groups is 1. The number of nitrogens with one attached hydrogen (secondary N) is 1. The standard InChI is InChI=1S/C24H28Cl2N4O/c1-4-29(5-2)15-19-11-7-6-10-18(19)14-27-24(31)22-17(3)28-30(23(22)26)16-20-12-8-9-13-21(20)25/h6-13H,4-5,14-16H2,1-3H3,(H,27,31). The van der Waals surface area contributed by atoms with Gasteiger partial charge in [0.2, 0.25) is 0 Å². The second kappa shape index (κ2) is 10.8. The van der Waals surface area contributed by atoms with Crippen molar-refractivity contribution in [3.8, 4) is 0 Å².